The summed E-state index contributed by atoms with van der Waals surface area (Å²) in [5.74, 6) is 1.16. The van der Waals surface area contributed by atoms with Crippen molar-refractivity contribution in [3.8, 4) is 0 Å². The van der Waals surface area contributed by atoms with Crippen LogP contribution in [0, 0.1) is 22.2 Å². The van der Waals surface area contributed by atoms with E-state index in [0.717, 1.165) is 40.5 Å². The smallest absolute Gasteiger partial charge is 0.135 e. The zero-order valence-corrected chi connectivity index (χ0v) is 24.0. The molecule has 1 aliphatic heterocycles. The predicted octanol–water partition coefficient (Wildman–Crippen LogP) is 8.28. The fraction of sp³-hybridized carbons (Fsp3) is 0.548. The summed E-state index contributed by atoms with van der Waals surface area (Å²) < 4.78 is 0. The number of pyridine rings is 1. The van der Waals surface area contributed by atoms with Gasteiger partial charge in [-0.2, -0.15) is 0 Å². The SMILES string of the molecule is C=C1NC(C)=CC(C(C)C)=C1Cc1cc(/C(=C/C(C)(C)C)CC(C)(C)C)nc(NC(C)C)c1C=N. The number of dihydropyridines is 1. The van der Waals surface area contributed by atoms with Crippen molar-refractivity contribution < 1.29 is 0 Å². The molecule has 2 rings (SSSR count). The number of aromatic nitrogens is 1. The van der Waals surface area contributed by atoms with E-state index in [2.05, 4.69) is 112 Å². The third kappa shape index (κ3) is 8.23. The van der Waals surface area contributed by atoms with Crippen LogP contribution >= 0.6 is 0 Å². The van der Waals surface area contributed by atoms with Crippen molar-refractivity contribution in [2.45, 2.75) is 95.0 Å². The van der Waals surface area contributed by atoms with Gasteiger partial charge in [0.15, 0.2) is 0 Å². The van der Waals surface area contributed by atoms with E-state index in [1.54, 1.807) is 0 Å². The van der Waals surface area contributed by atoms with Gasteiger partial charge in [-0.15, -0.1) is 0 Å². The lowest BCUT2D eigenvalue weighted by Gasteiger charge is -2.27. The Balaban J connectivity index is 2.81. The van der Waals surface area contributed by atoms with Crippen LogP contribution in [0.3, 0.4) is 0 Å². The van der Waals surface area contributed by atoms with Crippen LogP contribution < -0.4 is 10.6 Å². The van der Waals surface area contributed by atoms with Crippen LogP contribution in [0.5, 0.6) is 0 Å². The van der Waals surface area contributed by atoms with E-state index in [-0.39, 0.29) is 16.9 Å². The highest BCUT2D eigenvalue weighted by Crippen LogP contribution is 2.36. The average Bonchev–Trinajstić information content (AvgIpc) is 2.66. The van der Waals surface area contributed by atoms with Crippen molar-refractivity contribution in [2.24, 2.45) is 16.7 Å². The lowest BCUT2D eigenvalue weighted by atomic mass is 9.82. The first kappa shape index (κ1) is 28.6. The van der Waals surface area contributed by atoms with Crippen molar-refractivity contribution in [3.63, 3.8) is 0 Å². The Morgan fingerprint density at radius 2 is 1.77 bits per heavy atom. The summed E-state index contributed by atoms with van der Waals surface area (Å²) in [6, 6.07) is 2.42. The van der Waals surface area contributed by atoms with Crippen LogP contribution in [-0.4, -0.2) is 17.2 Å². The molecule has 0 bridgehead atoms. The summed E-state index contributed by atoms with van der Waals surface area (Å²) in [4.78, 5) is 5.09. The molecule has 192 valence electrons. The number of nitrogens with zero attached hydrogens (tertiary/aromatic N) is 1. The van der Waals surface area contributed by atoms with Crippen molar-refractivity contribution in [1.29, 1.82) is 5.41 Å². The molecule has 0 saturated carbocycles. The fourth-order valence-electron chi connectivity index (χ4n) is 4.53. The largest absolute Gasteiger partial charge is 0.367 e. The van der Waals surface area contributed by atoms with Gasteiger partial charge in [-0.3, -0.25) is 0 Å². The lowest BCUT2D eigenvalue weighted by Crippen LogP contribution is -2.21. The van der Waals surface area contributed by atoms with Crippen molar-refractivity contribution in [3.05, 3.63) is 64.2 Å². The van der Waals surface area contributed by atoms with E-state index < -0.39 is 0 Å². The van der Waals surface area contributed by atoms with Gasteiger partial charge in [0.05, 0.1) is 5.69 Å². The summed E-state index contributed by atoms with van der Waals surface area (Å²) in [5, 5.41) is 15.2. The standard InChI is InChI=1S/C31H48N4/c1-19(2)25-13-21(5)34-22(6)26(25)14-23-15-28(35-29(27(23)18-32)33-20(3)4)24(16-30(7,8)9)17-31(10,11)12/h13,15-16,18-20,32,34H,6,14,17H2,1-5,7-12H3,(H,33,35)/b24-16+,32-18?. The molecule has 0 fully saturated rings. The molecule has 4 nitrogen and oxygen atoms in total. The van der Waals surface area contributed by atoms with Gasteiger partial charge in [-0.05, 0) is 78.4 Å². The van der Waals surface area contributed by atoms with Crippen LogP contribution in [0.2, 0.25) is 0 Å². The molecule has 1 aromatic heterocycles. The van der Waals surface area contributed by atoms with Crippen molar-refractivity contribution in [2.75, 3.05) is 5.32 Å². The minimum absolute atomic E-state index is 0.0333. The Bertz CT molecular complexity index is 1050. The molecule has 0 aromatic carbocycles. The van der Waals surface area contributed by atoms with Gasteiger partial charge in [0, 0.05) is 35.6 Å². The summed E-state index contributed by atoms with van der Waals surface area (Å²) in [7, 11) is 0. The van der Waals surface area contributed by atoms with Gasteiger partial charge in [0.25, 0.3) is 0 Å². The molecule has 0 spiro atoms. The summed E-state index contributed by atoms with van der Waals surface area (Å²) >= 11 is 0. The minimum Gasteiger partial charge on any atom is -0.367 e. The zero-order chi connectivity index (χ0) is 26.7. The Hall–Kier alpha value is -2.62. The van der Waals surface area contributed by atoms with Crippen LogP contribution in [-0.2, 0) is 6.42 Å². The van der Waals surface area contributed by atoms with Crippen LogP contribution in [0.4, 0.5) is 5.82 Å². The lowest BCUT2D eigenvalue weighted by molar-refractivity contribution is 0.424. The first-order chi connectivity index (χ1) is 16.0. The number of allylic oxidation sites excluding steroid dienone is 6. The van der Waals surface area contributed by atoms with E-state index in [9.17, 15) is 0 Å². The Morgan fingerprint density at radius 3 is 2.26 bits per heavy atom. The predicted molar refractivity (Wildman–Crippen MR) is 154 cm³/mol. The summed E-state index contributed by atoms with van der Waals surface area (Å²) in [6.45, 7) is 28.6. The van der Waals surface area contributed by atoms with E-state index in [1.807, 2.05) is 0 Å². The highest BCUT2D eigenvalue weighted by molar-refractivity contribution is 5.88. The maximum Gasteiger partial charge on any atom is 0.135 e. The first-order valence-electron chi connectivity index (χ1n) is 12.9. The van der Waals surface area contributed by atoms with E-state index in [0.29, 0.717) is 12.3 Å². The molecule has 2 heterocycles. The van der Waals surface area contributed by atoms with E-state index in [1.165, 1.54) is 22.9 Å². The Labute approximate surface area is 214 Å². The van der Waals surface area contributed by atoms with Gasteiger partial charge < -0.3 is 16.0 Å². The highest BCUT2D eigenvalue weighted by Gasteiger charge is 2.23. The molecule has 0 radical (unpaired) electrons. The molecular weight excluding hydrogens is 428 g/mol. The maximum atomic E-state index is 8.28. The molecule has 0 unspecified atom stereocenters. The van der Waals surface area contributed by atoms with Gasteiger partial charge in [-0.1, -0.05) is 68.0 Å². The number of nitrogens with one attached hydrogen (secondary N) is 3. The van der Waals surface area contributed by atoms with Gasteiger partial charge in [-0.25, -0.2) is 4.98 Å². The molecule has 3 N–H and O–H groups in total. The number of anilines is 1. The minimum atomic E-state index is 0.0333. The van der Waals surface area contributed by atoms with Gasteiger partial charge in [0.1, 0.15) is 5.82 Å². The van der Waals surface area contributed by atoms with Crippen LogP contribution in [0.1, 0.15) is 99.4 Å². The zero-order valence-electron chi connectivity index (χ0n) is 24.0. The number of hydrogen-bond acceptors (Lipinski definition) is 4. The number of rotatable bonds is 8. The Morgan fingerprint density at radius 1 is 1.14 bits per heavy atom. The van der Waals surface area contributed by atoms with Crippen molar-refractivity contribution >= 4 is 17.6 Å². The molecule has 1 aliphatic rings. The molecule has 1 aromatic rings. The summed E-state index contributed by atoms with van der Waals surface area (Å²) in [5.41, 5.74) is 8.93. The Kier molecular flexibility index (Phi) is 8.97. The summed E-state index contributed by atoms with van der Waals surface area (Å²) in [6.07, 6.45) is 7.67. The van der Waals surface area contributed by atoms with Crippen LogP contribution in [0.25, 0.3) is 5.57 Å². The highest BCUT2D eigenvalue weighted by atomic mass is 15.0. The molecule has 0 amide bonds. The number of hydrogen-bond donors (Lipinski definition) is 3. The second-order valence-corrected chi connectivity index (χ2v) is 12.8. The second-order valence-electron chi connectivity index (χ2n) is 12.8. The molecule has 0 aliphatic carbocycles. The quantitative estimate of drug-likeness (QED) is 0.331. The fourth-order valence-corrected chi connectivity index (χ4v) is 4.53. The second kappa shape index (κ2) is 11.0. The molecule has 0 atom stereocenters. The maximum absolute atomic E-state index is 8.28. The molecule has 35 heavy (non-hydrogen) atoms. The third-order valence-electron chi connectivity index (χ3n) is 5.79. The molecular formula is C31H48N4. The van der Waals surface area contributed by atoms with Gasteiger partial charge >= 0.3 is 0 Å². The van der Waals surface area contributed by atoms with Crippen molar-refractivity contribution in [1.82, 2.24) is 10.3 Å². The average molecular weight is 477 g/mol. The topological polar surface area (TPSA) is 60.8 Å². The third-order valence-corrected chi connectivity index (χ3v) is 5.79. The normalized spacial score (nSPS) is 15.5. The van der Waals surface area contributed by atoms with E-state index in [4.69, 9.17) is 10.4 Å². The first-order valence-corrected chi connectivity index (χ1v) is 12.9. The van der Waals surface area contributed by atoms with Crippen LogP contribution in [0.15, 0.2) is 47.3 Å². The molecule has 0 saturated heterocycles. The molecule has 4 heteroatoms. The van der Waals surface area contributed by atoms with Gasteiger partial charge in [0.2, 0.25) is 0 Å². The monoisotopic (exact) mass is 476 g/mol. The van der Waals surface area contributed by atoms with E-state index >= 15 is 0 Å².